The third-order valence-electron chi connectivity index (χ3n) is 4.01. The van der Waals surface area contributed by atoms with Gasteiger partial charge in [-0.15, -0.1) is 0 Å². The van der Waals surface area contributed by atoms with E-state index in [1.165, 1.54) is 6.08 Å². The second-order valence-corrected chi connectivity index (χ2v) is 13.3. The summed E-state index contributed by atoms with van der Waals surface area (Å²) in [5.41, 5.74) is 2.10. The highest BCUT2D eigenvalue weighted by molar-refractivity contribution is 6.79. The normalized spacial score (nSPS) is 15.2. The minimum Gasteiger partial charge on any atom is -0.295 e. The summed E-state index contributed by atoms with van der Waals surface area (Å²) in [6.07, 6.45) is 3.05. The summed E-state index contributed by atoms with van der Waals surface area (Å²) in [4.78, 5) is 12.4. The number of carbonyl (C=O) groups is 1. The third kappa shape index (κ3) is 3.82. The average Bonchev–Trinajstić information content (AvgIpc) is 2.63. The second-order valence-electron chi connectivity index (χ2n) is 7.01. The summed E-state index contributed by atoms with van der Waals surface area (Å²) < 4.78 is 2.00. The first-order valence-corrected chi connectivity index (χ1v) is 13.1. The van der Waals surface area contributed by atoms with Gasteiger partial charge in [0.2, 0.25) is 0 Å². The molecule has 0 saturated carbocycles. The number of benzene rings is 2. The van der Waals surface area contributed by atoms with Gasteiger partial charge >= 0.3 is 0 Å². The summed E-state index contributed by atoms with van der Waals surface area (Å²) in [6, 6.07) is 9.84. The smallest absolute Gasteiger partial charge is 0.188 e. The summed E-state index contributed by atoms with van der Waals surface area (Å²) in [5.74, 6) is -0.284. The molecule has 8 heteroatoms. The van der Waals surface area contributed by atoms with Crippen molar-refractivity contribution >= 4 is 71.8 Å². The molecule has 2 aromatic rings. The molecular weight excluding hydrogens is 442 g/mol. The van der Waals surface area contributed by atoms with E-state index in [-0.39, 0.29) is 31.4 Å². The number of nitrogens with zero attached hydrogens (tertiary/aromatic N) is 2. The molecule has 27 heavy (non-hydrogen) atoms. The molecule has 140 valence electrons. The molecule has 0 aromatic heterocycles. The molecule has 1 aliphatic carbocycles. The van der Waals surface area contributed by atoms with Crippen molar-refractivity contribution in [1.82, 2.24) is 0 Å². The monoisotopic (exact) mass is 456 g/mol. The van der Waals surface area contributed by atoms with Crippen LogP contribution in [-0.2, 0) is 0 Å². The van der Waals surface area contributed by atoms with Crippen molar-refractivity contribution in [2.75, 3.05) is 4.67 Å². The van der Waals surface area contributed by atoms with Crippen molar-refractivity contribution in [3.8, 4) is 0 Å². The van der Waals surface area contributed by atoms with Gasteiger partial charge in [-0.3, -0.25) is 9.47 Å². The number of hydrogen-bond acceptors (Lipinski definition) is 3. The van der Waals surface area contributed by atoms with Crippen LogP contribution in [0, 0.1) is 0 Å². The highest BCUT2D eigenvalue weighted by Crippen LogP contribution is 2.43. The molecule has 3 nitrogen and oxygen atoms in total. The van der Waals surface area contributed by atoms with Gasteiger partial charge in [-0.05, 0) is 43.9 Å². The predicted octanol–water partition coefficient (Wildman–Crippen LogP) is 7.10. The molecule has 0 amide bonds. The number of carbonyl (C=O) groups excluding carboxylic acids is 1. The van der Waals surface area contributed by atoms with Crippen molar-refractivity contribution in [3.63, 3.8) is 0 Å². The molecule has 0 N–H and O–H groups in total. The van der Waals surface area contributed by atoms with Crippen LogP contribution >= 0.6 is 46.4 Å². The van der Waals surface area contributed by atoms with Gasteiger partial charge in [-0.25, -0.2) is 0 Å². The van der Waals surface area contributed by atoms with Crippen molar-refractivity contribution in [3.05, 3.63) is 73.7 Å². The van der Waals surface area contributed by atoms with Crippen LogP contribution in [0.15, 0.2) is 47.6 Å². The molecular formula is C19H16Cl4N2OSi. The lowest BCUT2D eigenvalue weighted by Gasteiger charge is -2.32. The Morgan fingerprint density at radius 2 is 1.37 bits per heavy atom. The Balaban J connectivity index is 2.27. The Morgan fingerprint density at radius 1 is 0.815 bits per heavy atom. The minimum absolute atomic E-state index is 0.0650. The maximum absolute atomic E-state index is 12.4. The van der Waals surface area contributed by atoms with Crippen LogP contribution in [0.2, 0.25) is 39.7 Å². The van der Waals surface area contributed by atoms with E-state index < -0.39 is 8.24 Å². The third-order valence-corrected chi connectivity index (χ3v) is 7.44. The maximum atomic E-state index is 12.4. The molecule has 0 atom stereocenters. The number of anilines is 1. The SMILES string of the molecule is C[Si](C)(C)N(N=C1C=CC(=O)c2c(Cl)c(Cl)c(Cl)c(Cl)c21)c1ccccc1. The van der Waals surface area contributed by atoms with E-state index in [1.807, 2.05) is 35.0 Å². The Morgan fingerprint density at radius 3 is 1.93 bits per heavy atom. The van der Waals surface area contributed by atoms with Crippen LogP contribution in [0.1, 0.15) is 15.9 Å². The molecule has 1 aliphatic rings. The lowest BCUT2D eigenvalue weighted by atomic mass is 9.94. The summed E-state index contributed by atoms with van der Waals surface area (Å²) in [5, 5.41) is 5.28. The van der Waals surface area contributed by atoms with Crippen LogP contribution in [0.3, 0.4) is 0 Å². The first-order valence-electron chi connectivity index (χ1n) is 8.15. The zero-order valence-electron chi connectivity index (χ0n) is 14.9. The van der Waals surface area contributed by atoms with E-state index in [0.29, 0.717) is 11.3 Å². The zero-order chi connectivity index (χ0) is 19.9. The first-order chi connectivity index (χ1) is 12.6. The van der Waals surface area contributed by atoms with Gasteiger partial charge in [0.25, 0.3) is 0 Å². The van der Waals surface area contributed by atoms with E-state index in [4.69, 9.17) is 51.5 Å². The van der Waals surface area contributed by atoms with Gasteiger partial charge in [-0.1, -0.05) is 64.6 Å². The Bertz CT molecular complexity index is 982. The summed E-state index contributed by atoms with van der Waals surface area (Å²) in [6.45, 7) is 6.52. The summed E-state index contributed by atoms with van der Waals surface area (Å²) in [7, 11) is -1.91. The van der Waals surface area contributed by atoms with Crippen LogP contribution < -0.4 is 4.67 Å². The fourth-order valence-corrected chi connectivity index (χ4v) is 5.15. The molecule has 0 radical (unpaired) electrons. The fraction of sp³-hybridized carbons (Fsp3) is 0.158. The van der Waals surface area contributed by atoms with E-state index in [9.17, 15) is 4.79 Å². The van der Waals surface area contributed by atoms with Gasteiger partial charge in [0.1, 0.15) is 0 Å². The van der Waals surface area contributed by atoms with E-state index in [2.05, 4.69) is 19.6 Å². The largest absolute Gasteiger partial charge is 0.295 e. The summed E-state index contributed by atoms with van der Waals surface area (Å²) >= 11 is 25.1. The number of fused-ring (bicyclic) bond motifs is 1. The second kappa shape index (κ2) is 7.61. The topological polar surface area (TPSA) is 32.7 Å². The van der Waals surface area contributed by atoms with Crippen molar-refractivity contribution in [2.45, 2.75) is 19.6 Å². The molecule has 0 spiro atoms. The molecule has 0 heterocycles. The van der Waals surface area contributed by atoms with E-state index >= 15 is 0 Å². The van der Waals surface area contributed by atoms with Gasteiger partial charge in [0, 0.05) is 11.3 Å². The Labute approximate surface area is 179 Å². The van der Waals surface area contributed by atoms with Crippen LogP contribution in [0.4, 0.5) is 5.69 Å². The lowest BCUT2D eigenvalue weighted by molar-refractivity contribution is 0.104. The van der Waals surface area contributed by atoms with Gasteiger partial charge in [0.15, 0.2) is 14.0 Å². The Hall–Kier alpha value is -1.30. The molecule has 0 bridgehead atoms. The van der Waals surface area contributed by atoms with Crippen LogP contribution in [-0.4, -0.2) is 19.7 Å². The maximum Gasteiger partial charge on any atom is 0.188 e. The van der Waals surface area contributed by atoms with Crippen molar-refractivity contribution < 1.29 is 4.79 Å². The molecule has 3 rings (SSSR count). The van der Waals surface area contributed by atoms with Crippen LogP contribution in [0.5, 0.6) is 0 Å². The van der Waals surface area contributed by atoms with E-state index in [1.54, 1.807) is 6.08 Å². The average molecular weight is 458 g/mol. The molecule has 0 fully saturated rings. The lowest BCUT2D eigenvalue weighted by Crippen LogP contribution is -2.43. The highest BCUT2D eigenvalue weighted by atomic mass is 35.5. The van der Waals surface area contributed by atoms with Crippen molar-refractivity contribution in [1.29, 1.82) is 0 Å². The Kier molecular flexibility index (Phi) is 5.76. The molecule has 2 aromatic carbocycles. The number of para-hydroxylation sites is 1. The van der Waals surface area contributed by atoms with Crippen molar-refractivity contribution in [2.24, 2.45) is 5.10 Å². The highest BCUT2D eigenvalue weighted by Gasteiger charge is 2.31. The zero-order valence-corrected chi connectivity index (χ0v) is 18.9. The predicted molar refractivity (Wildman–Crippen MR) is 119 cm³/mol. The van der Waals surface area contributed by atoms with E-state index in [0.717, 1.165) is 5.69 Å². The number of allylic oxidation sites excluding steroid dienone is 2. The number of rotatable bonds is 3. The van der Waals surface area contributed by atoms with Crippen LogP contribution in [0.25, 0.3) is 0 Å². The fourth-order valence-electron chi connectivity index (χ4n) is 2.78. The minimum atomic E-state index is -1.91. The molecule has 0 aliphatic heterocycles. The van der Waals surface area contributed by atoms with Gasteiger partial charge in [0.05, 0.1) is 31.4 Å². The number of hydrazone groups is 1. The number of ketones is 1. The number of halogens is 4. The molecule has 0 saturated heterocycles. The van der Waals surface area contributed by atoms with Gasteiger partial charge in [-0.2, -0.15) is 5.10 Å². The van der Waals surface area contributed by atoms with Gasteiger partial charge < -0.3 is 0 Å². The quantitative estimate of drug-likeness (QED) is 0.213. The standard InChI is InChI=1S/C19H16Cl4N2OSi/c1-27(2,3)25(11-7-5-4-6-8-11)24-12-9-10-13(26)15-14(12)16(20)18(22)19(23)17(15)21/h4-10H,1-3H3. The number of hydrogen-bond donors (Lipinski definition) is 0. The molecule has 0 unspecified atom stereocenters. The first kappa shape index (κ1) is 20.4.